The van der Waals surface area contributed by atoms with E-state index in [1.165, 1.54) is 5.56 Å². The summed E-state index contributed by atoms with van der Waals surface area (Å²) in [5, 5.41) is 6.63. The molecule has 0 bridgehead atoms. The molecule has 3 aromatic rings. The Kier molecular flexibility index (Phi) is 14.2. The van der Waals surface area contributed by atoms with Gasteiger partial charge in [-0.2, -0.15) is 0 Å². The molecule has 2 aromatic heterocycles. The van der Waals surface area contributed by atoms with Gasteiger partial charge in [0.15, 0.2) is 0 Å². The fourth-order valence-corrected chi connectivity index (χ4v) is 3.05. The SMILES string of the molecule is CC.CC.CC.Cc1nc(NCCCc2ccccc2)c2ccsc2n1. The van der Waals surface area contributed by atoms with E-state index in [9.17, 15) is 0 Å². The molecule has 0 saturated carbocycles. The van der Waals surface area contributed by atoms with Gasteiger partial charge in [0.2, 0.25) is 0 Å². The first-order valence-corrected chi connectivity index (χ1v) is 10.7. The van der Waals surface area contributed by atoms with Crippen LogP contribution in [0.4, 0.5) is 5.82 Å². The second-order valence-corrected chi connectivity index (χ2v) is 5.67. The molecule has 4 heteroatoms. The number of anilines is 1. The van der Waals surface area contributed by atoms with Crippen LogP contribution in [-0.2, 0) is 6.42 Å². The number of fused-ring (bicyclic) bond motifs is 1. The summed E-state index contributed by atoms with van der Waals surface area (Å²) in [6.45, 7) is 14.9. The molecule has 3 nitrogen and oxygen atoms in total. The molecule has 0 aliphatic rings. The Bertz CT molecular complexity index is 693. The molecule has 0 aliphatic carbocycles. The van der Waals surface area contributed by atoms with Crippen molar-refractivity contribution < 1.29 is 0 Å². The van der Waals surface area contributed by atoms with E-state index in [-0.39, 0.29) is 0 Å². The molecule has 1 aromatic carbocycles. The van der Waals surface area contributed by atoms with E-state index < -0.39 is 0 Å². The van der Waals surface area contributed by atoms with Crippen LogP contribution in [0, 0.1) is 6.92 Å². The van der Waals surface area contributed by atoms with Gasteiger partial charge in [0.05, 0.1) is 5.39 Å². The van der Waals surface area contributed by atoms with Crippen molar-refractivity contribution in [2.24, 2.45) is 0 Å². The standard InChI is InChI=1S/C16H17N3S.3C2H6/c1-12-18-15(14-9-11-20-16(14)19-12)17-10-5-8-13-6-3-2-4-7-13;3*1-2/h2-4,6-7,9,11H,5,8,10H2,1H3,(H,17,18,19);3*1-2H3. The Labute approximate surface area is 163 Å². The summed E-state index contributed by atoms with van der Waals surface area (Å²) < 4.78 is 0. The van der Waals surface area contributed by atoms with E-state index in [4.69, 9.17) is 0 Å². The topological polar surface area (TPSA) is 37.8 Å². The number of aryl methyl sites for hydroxylation is 2. The van der Waals surface area contributed by atoms with E-state index in [0.29, 0.717) is 0 Å². The maximum absolute atomic E-state index is 4.50. The molecule has 3 rings (SSSR count). The van der Waals surface area contributed by atoms with Crippen LogP contribution in [0.3, 0.4) is 0 Å². The highest BCUT2D eigenvalue weighted by atomic mass is 32.1. The molecule has 0 aliphatic heterocycles. The summed E-state index contributed by atoms with van der Waals surface area (Å²) in [6, 6.07) is 12.7. The third-order valence-electron chi connectivity index (χ3n) is 3.21. The van der Waals surface area contributed by atoms with Crippen LogP contribution in [-0.4, -0.2) is 16.5 Å². The number of nitrogens with zero attached hydrogens (tertiary/aromatic N) is 2. The largest absolute Gasteiger partial charge is 0.369 e. The number of hydrogen-bond acceptors (Lipinski definition) is 4. The normalized spacial score (nSPS) is 9.04. The monoisotopic (exact) mass is 373 g/mol. The summed E-state index contributed by atoms with van der Waals surface area (Å²) in [5.41, 5.74) is 1.38. The zero-order valence-electron chi connectivity index (χ0n) is 17.5. The lowest BCUT2D eigenvalue weighted by Gasteiger charge is -2.07. The fourth-order valence-electron chi connectivity index (χ4n) is 2.24. The lowest BCUT2D eigenvalue weighted by molar-refractivity contribution is 0.858. The highest BCUT2D eigenvalue weighted by Crippen LogP contribution is 2.24. The minimum atomic E-state index is 0.825. The van der Waals surface area contributed by atoms with Gasteiger partial charge >= 0.3 is 0 Å². The number of benzene rings is 1. The van der Waals surface area contributed by atoms with Gasteiger partial charge in [0.1, 0.15) is 16.5 Å². The Morgan fingerprint density at radius 2 is 1.54 bits per heavy atom. The van der Waals surface area contributed by atoms with Gasteiger partial charge in [-0.15, -0.1) is 11.3 Å². The number of rotatable bonds is 5. The van der Waals surface area contributed by atoms with Crippen molar-refractivity contribution in [2.45, 2.75) is 61.3 Å². The van der Waals surface area contributed by atoms with Crippen molar-refractivity contribution >= 4 is 27.4 Å². The smallest absolute Gasteiger partial charge is 0.138 e. The predicted molar refractivity (Wildman–Crippen MR) is 119 cm³/mol. The van der Waals surface area contributed by atoms with Crippen molar-refractivity contribution in [1.29, 1.82) is 0 Å². The first-order valence-electron chi connectivity index (χ1n) is 9.82. The van der Waals surface area contributed by atoms with E-state index in [2.05, 4.69) is 57.1 Å². The highest BCUT2D eigenvalue weighted by molar-refractivity contribution is 7.16. The molecule has 0 fully saturated rings. The first-order chi connectivity index (χ1) is 12.8. The van der Waals surface area contributed by atoms with Crippen LogP contribution in [0.1, 0.15) is 59.4 Å². The zero-order valence-corrected chi connectivity index (χ0v) is 18.3. The second kappa shape index (κ2) is 15.3. The maximum Gasteiger partial charge on any atom is 0.138 e. The van der Waals surface area contributed by atoms with Gasteiger partial charge in [-0.25, -0.2) is 9.97 Å². The van der Waals surface area contributed by atoms with Gasteiger partial charge in [0.25, 0.3) is 0 Å². The van der Waals surface area contributed by atoms with Crippen molar-refractivity contribution in [3.05, 3.63) is 53.2 Å². The second-order valence-electron chi connectivity index (χ2n) is 4.77. The lowest BCUT2D eigenvalue weighted by atomic mass is 10.1. The van der Waals surface area contributed by atoms with Gasteiger partial charge in [-0.1, -0.05) is 71.9 Å². The Balaban J connectivity index is 0.000000948. The molecule has 0 atom stereocenters. The molecule has 0 spiro atoms. The third-order valence-corrected chi connectivity index (χ3v) is 4.02. The quantitative estimate of drug-likeness (QED) is 0.484. The third kappa shape index (κ3) is 7.96. The molecule has 2 heterocycles. The van der Waals surface area contributed by atoms with Gasteiger partial charge in [-0.05, 0) is 36.8 Å². The molecule has 144 valence electrons. The summed E-state index contributed by atoms with van der Waals surface area (Å²) in [4.78, 5) is 10.0. The average molecular weight is 374 g/mol. The fraction of sp³-hybridized carbons (Fsp3) is 0.455. The van der Waals surface area contributed by atoms with Crippen LogP contribution in [0.15, 0.2) is 41.8 Å². The number of hydrogen-bond donors (Lipinski definition) is 1. The first kappa shape index (κ1) is 24.1. The zero-order chi connectivity index (χ0) is 19.8. The number of thiophene rings is 1. The molecule has 0 amide bonds. The van der Waals surface area contributed by atoms with Crippen molar-refractivity contribution in [1.82, 2.24) is 9.97 Å². The molecule has 0 unspecified atom stereocenters. The van der Waals surface area contributed by atoms with E-state index in [0.717, 1.165) is 41.2 Å². The van der Waals surface area contributed by atoms with Crippen LogP contribution in [0.25, 0.3) is 10.2 Å². The highest BCUT2D eigenvalue weighted by Gasteiger charge is 2.06. The Morgan fingerprint density at radius 1 is 0.885 bits per heavy atom. The van der Waals surface area contributed by atoms with E-state index in [1.807, 2.05) is 48.5 Å². The molecule has 0 saturated heterocycles. The van der Waals surface area contributed by atoms with E-state index in [1.54, 1.807) is 11.3 Å². The molecule has 1 N–H and O–H groups in total. The van der Waals surface area contributed by atoms with Crippen LogP contribution < -0.4 is 5.32 Å². The van der Waals surface area contributed by atoms with Gasteiger partial charge in [-0.3, -0.25) is 0 Å². The Hall–Kier alpha value is -1.94. The lowest BCUT2D eigenvalue weighted by Crippen LogP contribution is -2.06. The number of aromatic nitrogens is 2. The summed E-state index contributed by atoms with van der Waals surface area (Å²) >= 11 is 1.66. The molecular formula is C22H35N3S. The van der Waals surface area contributed by atoms with Crippen LogP contribution >= 0.6 is 11.3 Å². The average Bonchev–Trinajstić information content (AvgIpc) is 3.19. The number of nitrogens with one attached hydrogen (secondary N) is 1. The van der Waals surface area contributed by atoms with Gasteiger partial charge in [0, 0.05) is 6.54 Å². The summed E-state index contributed by atoms with van der Waals surface area (Å²) in [5.74, 6) is 1.78. The van der Waals surface area contributed by atoms with Crippen molar-refractivity contribution in [3.63, 3.8) is 0 Å². The molecule has 0 radical (unpaired) electrons. The predicted octanol–water partition coefficient (Wildman–Crippen LogP) is 7.12. The Morgan fingerprint density at radius 3 is 2.19 bits per heavy atom. The van der Waals surface area contributed by atoms with Crippen molar-refractivity contribution in [2.75, 3.05) is 11.9 Å². The van der Waals surface area contributed by atoms with Crippen LogP contribution in [0.5, 0.6) is 0 Å². The summed E-state index contributed by atoms with van der Waals surface area (Å²) in [7, 11) is 0. The van der Waals surface area contributed by atoms with Crippen LogP contribution in [0.2, 0.25) is 0 Å². The molecular weight excluding hydrogens is 338 g/mol. The minimum Gasteiger partial charge on any atom is -0.369 e. The van der Waals surface area contributed by atoms with Gasteiger partial charge < -0.3 is 5.32 Å². The van der Waals surface area contributed by atoms with E-state index >= 15 is 0 Å². The summed E-state index contributed by atoms with van der Waals surface area (Å²) in [6.07, 6.45) is 2.18. The maximum atomic E-state index is 4.50. The molecule has 26 heavy (non-hydrogen) atoms. The van der Waals surface area contributed by atoms with Crippen molar-refractivity contribution in [3.8, 4) is 0 Å². The minimum absolute atomic E-state index is 0.825.